The minimum atomic E-state index is -1.56. The molecule has 1 fully saturated rings. The third-order valence-electron chi connectivity index (χ3n) is 10.2. The number of hydrogen-bond donors (Lipinski definition) is 6. The Morgan fingerprint density at radius 3 is 1.93 bits per heavy atom. The molecule has 0 amide bonds. The third kappa shape index (κ3) is 12.8. The number of cyclic esters (lactones) is 2. The predicted octanol–water partition coefficient (Wildman–Crippen LogP) is 6.15. The van der Waals surface area contributed by atoms with Gasteiger partial charge >= 0.3 is 11.9 Å². The first kappa shape index (κ1) is 46.7. The Labute approximate surface area is 345 Å². The van der Waals surface area contributed by atoms with E-state index in [1.165, 1.54) is 36.4 Å². The molecular formula is C45H58O14. The van der Waals surface area contributed by atoms with Gasteiger partial charge in [0.1, 0.15) is 64.6 Å². The van der Waals surface area contributed by atoms with Gasteiger partial charge in [-0.3, -0.25) is 4.79 Å². The summed E-state index contributed by atoms with van der Waals surface area (Å²) in [7, 11) is 0. The summed E-state index contributed by atoms with van der Waals surface area (Å²) in [5.41, 5.74) is 0.655. The molecule has 6 N–H and O–H groups in total. The smallest absolute Gasteiger partial charge is 0.342 e. The van der Waals surface area contributed by atoms with Crippen molar-refractivity contribution in [3.8, 4) is 23.0 Å². The van der Waals surface area contributed by atoms with Crippen LogP contribution in [0.15, 0.2) is 60.7 Å². The van der Waals surface area contributed by atoms with E-state index in [9.17, 15) is 45.0 Å². The Hall–Kier alpha value is -4.99. The summed E-state index contributed by atoms with van der Waals surface area (Å²) in [5.74, 6) is -3.76. The molecule has 0 aromatic heterocycles. The zero-order chi connectivity index (χ0) is 43.6. The number of unbranched alkanes of at least 4 members (excludes halogenated alkanes) is 1. The largest absolute Gasteiger partial charge is 0.508 e. The molecule has 3 aliphatic heterocycles. The lowest BCUT2D eigenvalue weighted by Gasteiger charge is -2.22. The number of aliphatic hydroxyl groups excluding tert-OH is 3. The molecule has 3 unspecified atom stereocenters. The fourth-order valence-corrected chi connectivity index (χ4v) is 6.42. The average Bonchev–Trinajstić information content (AvgIpc) is 3.48. The highest BCUT2D eigenvalue weighted by atomic mass is 16.8. The van der Waals surface area contributed by atoms with Gasteiger partial charge in [-0.05, 0) is 76.3 Å². The first-order valence-electron chi connectivity index (χ1n) is 19.9. The van der Waals surface area contributed by atoms with E-state index in [0.29, 0.717) is 29.9 Å². The number of carbonyl (C=O) groups excluding carboxylic acids is 3. The second kappa shape index (κ2) is 20.8. The number of rotatable bonds is 4. The van der Waals surface area contributed by atoms with Gasteiger partial charge in [0.2, 0.25) is 0 Å². The van der Waals surface area contributed by atoms with Gasteiger partial charge in [-0.1, -0.05) is 69.7 Å². The van der Waals surface area contributed by atoms with Gasteiger partial charge < -0.3 is 54.3 Å². The SMILES string of the molecule is CCCCOc1cc(O)c2c(c1)/C=C/C[C@H](O)C(O)C(=O)/C=C\[C@@H](C)[C@H](C)OC2=O.C[C@@H]1/C=C\C(O)C2OC(C)(C)O[C@H]2C/C=C/c2cc(O)cc(O)c2C(=O)O[C@H]1C. The quantitative estimate of drug-likeness (QED) is 0.116. The van der Waals surface area contributed by atoms with Crippen molar-refractivity contribution < 1.29 is 68.7 Å². The van der Waals surface area contributed by atoms with E-state index >= 15 is 0 Å². The van der Waals surface area contributed by atoms with Crippen molar-refractivity contribution in [3.05, 3.63) is 83.0 Å². The molecule has 0 saturated carbocycles. The average molecular weight is 823 g/mol. The lowest BCUT2D eigenvalue weighted by molar-refractivity contribution is -0.152. The summed E-state index contributed by atoms with van der Waals surface area (Å²) in [6.45, 7) is 13.1. The standard InChI is InChI=1S/C23H30O7.C22H28O7/c1-4-5-11-29-17-12-16-7-6-8-18(24)22(27)19(25)10-9-14(2)15(3)30-23(28)21(16)20(26)13-17;1-12-8-9-16(24)20-18(28-22(3,4)29-20)7-5-6-14-10-15(23)11-17(25)19(14)21(26)27-13(12)2/h6-7,9-10,12-15,18,22,24,26-27H,4-5,8,11H2,1-3H3;5-6,8-13,16,18,20,23-25H,7H2,1-4H3/b7-6+,10-9-;6-5+,9-8-/t14-,15+,18+,22?;12-,13+,16?,18+,20?/m11/s1. The first-order valence-corrected chi connectivity index (χ1v) is 19.9. The van der Waals surface area contributed by atoms with Gasteiger partial charge in [0.25, 0.3) is 0 Å². The molecule has 14 nitrogen and oxygen atoms in total. The molecule has 2 aromatic carbocycles. The molecule has 2 aromatic rings. The molecule has 0 spiro atoms. The van der Waals surface area contributed by atoms with E-state index in [-0.39, 0.29) is 46.6 Å². The normalized spacial score (nSPS) is 30.9. The second-order valence-corrected chi connectivity index (χ2v) is 15.5. The monoisotopic (exact) mass is 822 g/mol. The molecule has 3 heterocycles. The lowest BCUT2D eigenvalue weighted by atomic mass is 9.99. The van der Waals surface area contributed by atoms with Crippen LogP contribution in [0.3, 0.4) is 0 Å². The molecule has 3 aliphatic rings. The Morgan fingerprint density at radius 1 is 0.729 bits per heavy atom. The Bertz CT molecular complexity index is 1910. The van der Waals surface area contributed by atoms with Crippen LogP contribution in [0.25, 0.3) is 12.2 Å². The second-order valence-electron chi connectivity index (χ2n) is 15.5. The number of phenolic OH excluding ortho intramolecular Hbond substituents is 3. The number of ketones is 1. The van der Waals surface area contributed by atoms with Crippen molar-refractivity contribution >= 4 is 29.9 Å². The van der Waals surface area contributed by atoms with Crippen LogP contribution >= 0.6 is 0 Å². The number of fused-ring (bicyclic) bond motifs is 3. The van der Waals surface area contributed by atoms with Gasteiger partial charge in [0.15, 0.2) is 11.6 Å². The van der Waals surface area contributed by atoms with E-state index in [2.05, 4.69) is 0 Å². The van der Waals surface area contributed by atoms with Crippen molar-refractivity contribution in [2.75, 3.05) is 6.61 Å². The summed E-state index contributed by atoms with van der Waals surface area (Å²) < 4.78 is 28.5. The number of ether oxygens (including phenoxy) is 5. The number of carbonyl (C=O) groups is 3. The zero-order valence-corrected chi connectivity index (χ0v) is 34.6. The zero-order valence-electron chi connectivity index (χ0n) is 34.6. The van der Waals surface area contributed by atoms with Gasteiger partial charge in [0.05, 0.1) is 18.8 Å². The molecular weight excluding hydrogens is 764 g/mol. The lowest BCUT2D eigenvalue weighted by Crippen LogP contribution is -2.34. The molecule has 5 rings (SSSR count). The predicted molar refractivity (Wildman–Crippen MR) is 219 cm³/mol. The van der Waals surface area contributed by atoms with E-state index in [0.717, 1.165) is 18.9 Å². The number of aromatic hydroxyl groups is 3. The maximum absolute atomic E-state index is 12.8. The number of esters is 2. The van der Waals surface area contributed by atoms with Gasteiger partial charge in [-0.25, -0.2) is 9.59 Å². The van der Waals surface area contributed by atoms with Crippen molar-refractivity contribution in [2.24, 2.45) is 11.8 Å². The van der Waals surface area contributed by atoms with Crippen LogP contribution in [0.2, 0.25) is 0 Å². The van der Waals surface area contributed by atoms with E-state index in [1.54, 1.807) is 65.0 Å². The summed E-state index contributed by atoms with van der Waals surface area (Å²) >= 11 is 0. The van der Waals surface area contributed by atoms with Crippen LogP contribution in [0.5, 0.6) is 23.0 Å². The van der Waals surface area contributed by atoms with Crippen LogP contribution < -0.4 is 4.74 Å². The highest BCUT2D eigenvalue weighted by Crippen LogP contribution is 2.35. The number of hydrogen-bond acceptors (Lipinski definition) is 14. The summed E-state index contributed by atoms with van der Waals surface area (Å²) in [5, 5.41) is 61.3. The molecule has 1 saturated heterocycles. The van der Waals surface area contributed by atoms with Crippen molar-refractivity contribution in [1.29, 1.82) is 0 Å². The van der Waals surface area contributed by atoms with Crippen molar-refractivity contribution in [2.45, 2.75) is 123 Å². The maximum atomic E-state index is 12.8. The fourth-order valence-electron chi connectivity index (χ4n) is 6.42. The maximum Gasteiger partial charge on any atom is 0.342 e. The van der Waals surface area contributed by atoms with E-state index in [4.69, 9.17) is 23.7 Å². The van der Waals surface area contributed by atoms with Crippen LogP contribution in [0.4, 0.5) is 0 Å². The van der Waals surface area contributed by atoms with Gasteiger partial charge in [-0.15, -0.1) is 0 Å². The van der Waals surface area contributed by atoms with Gasteiger partial charge in [0, 0.05) is 24.0 Å². The van der Waals surface area contributed by atoms with Crippen molar-refractivity contribution in [1.82, 2.24) is 0 Å². The molecule has 0 bridgehead atoms. The van der Waals surface area contributed by atoms with E-state index < -0.39 is 66.2 Å². The molecule has 0 radical (unpaired) electrons. The summed E-state index contributed by atoms with van der Waals surface area (Å²) in [6.07, 6.45) is 8.87. The van der Waals surface area contributed by atoms with E-state index in [1.807, 2.05) is 13.8 Å². The molecule has 0 aliphatic carbocycles. The fraction of sp³-hybridized carbons (Fsp3) is 0.489. The van der Waals surface area contributed by atoms with Gasteiger partial charge in [-0.2, -0.15) is 0 Å². The van der Waals surface area contributed by atoms with Crippen molar-refractivity contribution in [3.63, 3.8) is 0 Å². The number of phenols is 3. The molecule has 14 heteroatoms. The minimum Gasteiger partial charge on any atom is -0.508 e. The molecule has 9 atom stereocenters. The number of benzene rings is 2. The van der Waals surface area contributed by atoms with Crippen LogP contribution in [0, 0.1) is 11.8 Å². The minimum absolute atomic E-state index is 0.0136. The Balaban J connectivity index is 0.000000261. The molecule has 59 heavy (non-hydrogen) atoms. The Kier molecular flexibility index (Phi) is 16.5. The molecule has 322 valence electrons. The number of aliphatic hydroxyl groups is 3. The van der Waals surface area contributed by atoms with Crippen LogP contribution in [-0.4, -0.2) is 103 Å². The topological polar surface area (TPSA) is 219 Å². The summed E-state index contributed by atoms with van der Waals surface area (Å²) in [6, 6.07) is 5.47. The highest BCUT2D eigenvalue weighted by molar-refractivity contribution is 5.98. The highest BCUT2D eigenvalue weighted by Gasteiger charge is 2.43. The third-order valence-corrected chi connectivity index (χ3v) is 10.2. The Morgan fingerprint density at radius 2 is 1.31 bits per heavy atom. The summed E-state index contributed by atoms with van der Waals surface area (Å²) in [4.78, 5) is 37.5. The first-order chi connectivity index (χ1) is 27.8. The van der Waals surface area contributed by atoms with Crippen LogP contribution in [0.1, 0.15) is 106 Å². The van der Waals surface area contributed by atoms with Crippen LogP contribution in [-0.2, 0) is 23.7 Å².